The first-order valence-corrected chi connectivity index (χ1v) is 6.05. The third-order valence-electron chi connectivity index (χ3n) is 2.60. The quantitative estimate of drug-likeness (QED) is 0.852. The molecule has 84 valence electrons. The molecule has 1 nitrogen and oxygen atoms in total. The van der Waals surface area contributed by atoms with Gasteiger partial charge in [-0.05, 0) is 43.8 Å². The minimum absolute atomic E-state index is 0.186. The van der Waals surface area contributed by atoms with Crippen LogP contribution in [0, 0.1) is 5.82 Å². The SMILES string of the molecule is CNC(C)c1ccc(-c2cccc(F)c2)s1. The first-order valence-electron chi connectivity index (χ1n) is 5.23. The topological polar surface area (TPSA) is 12.0 Å². The van der Waals surface area contributed by atoms with Crippen LogP contribution in [0.3, 0.4) is 0 Å². The van der Waals surface area contributed by atoms with Gasteiger partial charge in [0.15, 0.2) is 0 Å². The molecule has 0 bridgehead atoms. The highest BCUT2D eigenvalue weighted by Gasteiger charge is 2.07. The van der Waals surface area contributed by atoms with E-state index in [1.54, 1.807) is 23.5 Å². The first-order chi connectivity index (χ1) is 7.70. The summed E-state index contributed by atoms with van der Waals surface area (Å²) in [4.78, 5) is 2.37. The van der Waals surface area contributed by atoms with Gasteiger partial charge in [-0.15, -0.1) is 11.3 Å². The lowest BCUT2D eigenvalue weighted by Crippen LogP contribution is -2.10. The second-order valence-corrected chi connectivity index (χ2v) is 4.84. The van der Waals surface area contributed by atoms with E-state index in [9.17, 15) is 4.39 Å². The molecule has 1 atom stereocenters. The van der Waals surface area contributed by atoms with E-state index in [4.69, 9.17) is 0 Å². The minimum Gasteiger partial charge on any atom is -0.313 e. The van der Waals surface area contributed by atoms with Crippen molar-refractivity contribution in [3.05, 3.63) is 47.1 Å². The zero-order valence-electron chi connectivity index (χ0n) is 9.33. The van der Waals surface area contributed by atoms with E-state index in [0.717, 1.165) is 10.4 Å². The Morgan fingerprint density at radius 2 is 2.06 bits per heavy atom. The molecule has 2 rings (SSSR count). The fourth-order valence-corrected chi connectivity index (χ4v) is 2.59. The number of rotatable bonds is 3. The fraction of sp³-hybridized carbons (Fsp3) is 0.231. The molecule has 2 aromatic rings. The van der Waals surface area contributed by atoms with Crippen molar-refractivity contribution < 1.29 is 4.39 Å². The molecule has 1 aromatic carbocycles. The van der Waals surface area contributed by atoms with Gasteiger partial charge in [-0.1, -0.05) is 12.1 Å². The minimum atomic E-state index is -0.186. The average molecular weight is 235 g/mol. The summed E-state index contributed by atoms with van der Waals surface area (Å²) >= 11 is 1.70. The van der Waals surface area contributed by atoms with Crippen LogP contribution in [0.2, 0.25) is 0 Å². The summed E-state index contributed by atoms with van der Waals surface area (Å²) in [5, 5.41) is 3.19. The predicted molar refractivity (Wildman–Crippen MR) is 67.2 cm³/mol. The van der Waals surface area contributed by atoms with Crippen molar-refractivity contribution in [3.8, 4) is 10.4 Å². The van der Waals surface area contributed by atoms with E-state index in [2.05, 4.69) is 18.3 Å². The van der Waals surface area contributed by atoms with Crippen molar-refractivity contribution in [2.24, 2.45) is 0 Å². The molecule has 0 amide bonds. The van der Waals surface area contributed by atoms with E-state index < -0.39 is 0 Å². The Hall–Kier alpha value is -1.19. The van der Waals surface area contributed by atoms with Crippen LogP contribution in [0.15, 0.2) is 36.4 Å². The van der Waals surface area contributed by atoms with E-state index in [1.807, 2.05) is 19.2 Å². The highest BCUT2D eigenvalue weighted by atomic mass is 32.1. The Morgan fingerprint density at radius 1 is 1.25 bits per heavy atom. The normalized spacial score (nSPS) is 12.7. The summed E-state index contributed by atoms with van der Waals surface area (Å²) in [6, 6.07) is 11.2. The van der Waals surface area contributed by atoms with E-state index >= 15 is 0 Å². The summed E-state index contributed by atoms with van der Waals surface area (Å²) in [5.41, 5.74) is 0.944. The van der Waals surface area contributed by atoms with Crippen LogP contribution < -0.4 is 5.32 Å². The van der Waals surface area contributed by atoms with Gasteiger partial charge in [0.05, 0.1) is 0 Å². The third kappa shape index (κ3) is 2.31. The molecular formula is C13H14FNS. The van der Waals surface area contributed by atoms with Crippen molar-refractivity contribution in [1.29, 1.82) is 0 Å². The summed E-state index contributed by atoms with van der Waals surface area (Å²) in [6.45, 7) is 2.11. The maximum Gasteiger partial charge on any atom is 0.123 e. The zero-order valence-corrected chi connectivity index (χ0v) is 10.1. The van der Waals surface area contributed by atoms with Gasteiger partial charge >= 0.3 is 0 Å². The number of benzene rings is 1. The molecule has 16 heavy (non-hydrogen) atoms. The van der Waals surface area contributed by atoms with Gasteiger partial charge in [-0.2, -0.15) is 0 Å². The monoisotopic (exact) mass is 235 g/mol. The summed E-state index contributed by atoms with van der Waals surface area (Å²) in [7, 11) is 1.94. The molecule has 1 heterocycles. The summed E-state index contributed by atoms with van der Waals surface area (Å²) in [6.07, 6.45) is 0. The van der Waals surface area contributed by atoms with E-state index in [1.165, 1.54) is 10.9 Å². The molecule has 0 aliphatic carbocycles. The van der Waals surface area contributed by atoms with Crippen LogP contribution in [-0.2, 0) is 0 Å². The highest BCUT2D eigenvalue weighted by molar-refractivity contribution is 7.15. The standard InChI is InChI=1S/C13H14FNS/c1-9(15-2)12-6-7-13(16-12)10-4-3-5-11(14)8-10/h3-9,15H,1-2H3. The second-order valence-electron chi connectivity index (χ2n) is 3.72. The molecule has 0 radical (unpaired) electrons. The van der Waals surface area contributed by atoms with Crippen LogP contribution in [0.5, 0.6) is 0 Å². The summed E-state index contributed by atoms with van der Waals surface area (Å²) < 4.78 is 13.1. The molecule has 3 heteroatoms. The maximum atomic E-state index is 13.1. The molecule has 0 spiro atoms. The average Bonchev–Trinajstić information content (AvgIpc) is 2.77. The molecule has 1 N–H and O–H groups in total. The highest BCUT2D eigenvalue weighted by Crippen LogP contribution is 2.31. The number of hydrogen-bond acceptors (Lipinski definition) is 2. The van der Waals surface area contributed by atoms with Crippen molar-refractivity contribution >= 4 is 11.3 Å². The van der Waals surface area contributed by atoms with Crippen molar-refractivity contribution in [2.75, 3.05) is 7.05 Å². The first kappa shape index (κ1) is 11.3. The van der Waals surface area contributed by atoms with Crippen molar-refractivity contribution in [3.63, 3.8) is 0 Å². The Labute approximate surface area is 98.9 Å². The molecule has 0 saturated heterocycles. The molecule has 1 aromatic heterocycles. The Morgan fingerprint density at radius 3 is 2.75 bits per heavy atom. The number of halogens is 1. The lowest BCUT2D eigenvalue weighted by Gasteiger charge is -2.05. The van der Waals surface area contributed by atoms with Crippen LogP contribution in [-0.4, -0.2) is 7.05 Å². The smallest absolute Gasteiger partial charge is 0.123 e. The van der Waals surface area contributed by atoms with Gasteiger partial charge in [0.2, 0.25) is 0 Å². The number of hydrogen-bond donors (Lipinski definition) is 1. The Bertz CT molecular complexity index is 478. The third-order valence-corrected chi connectivity index (χ3v) is 3.91. The maximum absolute atomic E-state index is 13.1. The van der Waals surface area contributed by atoms with Crippen molar-refractivity contribution in [1.82, 2.24) is 5.32 Å². The van der Waals surface area contributed by atoms with E-state index in [-0.39, 0.29) is 5.82 Å². The van der Waals surface area contributed by atoms with Crippen molar-refractivity contribution in [2.45, 2.75) is 13.0 Å². The summed E-state index contributed by atoms with van der Waals surface area (Å²) in [5.74, 6) is -0.186. The number of nitrogens with one attached hydrogen (secondary N) is 1. The van der Waals surface area contributed by atoms with Crippen LogP contribution in [0.4, 0.5) is 4.39 Å². The second kappa shape index (κ2) is 4.76. The predicted octanol–water partition coefficient (Wildman–Crippen LogP) is 3.83. The van der Waals surface area contributed by atoms with Gasteiger partial charge in [0.25, 0.3) is 0 Å². The Balaban J connectivity index is 2.31. The lowest BCUT2D eigenvalue weighted by molar-refractivity contribution is 0.628. The molecule has 0 aliphatic rings. The van der Waals surface area contributed by atoms with Gasteiger partial charge in [0, 0.05) is 15.8 Å². The van der Waals surface area contributed by atoms with Crippen LogP contribution in [0.25, 0.3) is 10.4 Å². The van der Waals surface area contributed by atoms with Gasteiger partial charge in [-0.25, -0.2) is 4.39 Å². The molecule has 0 fully saturated rings. The Kier molecular flexibility index (Phi) is 3.36. The molecule has 0 saturated carbocycles. The fourth-order valence-electron chi connectivity index (χ4n) is 1.52. The largest absolute Gasteiger partial charge is 0.313 e. The van der Waals surface area contributed by atoms with Gasteiger partial charge in [-0.3, -0.25) is 0 Å². The zero-order chi connectivity index (χ0) is 11.5. The molecule has 0 aliphatic heterocycles. The number of thiophene rings is 1. The van der Waals surface area contributed by atoms with Gasteiger partial charge < -0.3 is 5.32 Å². The molecular weight excluding hydrogens is 221 g/mol. The van der Waals surface area contributed by atoms with Gasteiger partial charge in [0.1, 0.15) is 5.82 Å². The van der Waals surface area contributed by atoms with E-state index in [0.29, 0.717) is 6.04 Å². The van der Waals surface area contributed by atoms with Crippen LogP contribution >= 0.6 is 11.3 Å². The lowest BCUT2D eigenvalue weighted by atomic mass is 10.2. The van der Waals surface area contributed by atoms with Crippen LogP contribution in [0.1, 0.15) is 17.8 Å². The molecule has 1 unspecified atom stereocenters.